The summed E-state index contributed by atoms with van der Waals surface area (Å²) in [7, 11) is 0. The smallest absolute Gasteiger partial charge is 0.127 e. The molecule has 1 aromatic heterocycles. The van der Waals surface area contributed by atoms with Crippen LogP contribution in [-0.2, 0) is 0 Å². The minimum absolute atomic E-state index is 0.436. The van der Waals surface area contributed by atoms with Crippen LogP contribution < -0.4 is 5.32 Å². The number of para-hydroxylation sites is 2. The zero-order valence-corrected chi connectivity index (χ0v) is 16.8. The van der Waals surface area contributed by atoms with Crippen LogP contribution in [0, 0.1) is 17.8 Å². The number of hydrogen-bond acceptors (Lipinski definition) is 3. The van der Waals surface area contributed by atoms with Gasteiger partial charge in [0.1, 0.15) is 5.82 Å². The third-order valence-electron chi connectivity index (χ3n) is 7.83. The van der Waals surface area contributed by atoms with Gasteiger partial charge in [0.05, 0.1) is 17.1 Å². The third-order valence-corrected chi connectivity index (χ3v) is 7.83. The average molecular weight is 377 g/mol. The minimum Gasteiger partial charge on any atom is -0.323 e. The summed E-state index contributed by atoms with van der Waals surface area (Å²) in [6.45, 7) is 4.93. The summed E-state index contributed by atoms with van der Waals surface area (Å²) in [6, 6.07) is 9.78. The Labute approximate surface area is 168 Å². The van der Waals surface area contributed by atoms with Crippen molar-refractivity contribution in [3.05, 3.63) is 42.2 Å². The number of piperidine rings is 1. The Morgan fingerprint density at radius 2 is 1.93 bits per heavy atom. The van der Waals surface area contributed by atoms with E-state index < -0.39 is 0 Å². The van der Waals surface area contributed by atoms with E-state index in [4.69, 9.17) is 4.98 Å². The lowest BCUT2D eigenvalue weighted by atomic mass is 9.92. The number of likely N-dealkylation sites (tertiary alicyclic amines) is 1. The zero-order chi connectivity index (χ0) is 18.5. The van der Waals surface area contributed by atoms with E-state index in [1.54, 1.807) is 0 Å². The van der Waals surface area contributed by atoms with Gasteiger partial charge in [-0.15, -0.1) is 0 Å². The fourth-order valence-corrected chi connectivity index (χ4v) is 6.39. The summed E-state index contributed by atoms with van der Waals surface area (Å²) >= 11 is 0. The van der Waals surface area contributed by atoms with Crippen LogP contribution in [-0.4, -0.2) is 40.6 Å². The van der Waals surface area contributed by atoms with Gasteiger partial charge in [0.25, 0.3) is 0 Å². The Bertz CT molecular complexity index is 870. The van der Waals surface area contributed by atoms with Crippen molar-refractivity contribution in [1.82, 2.24) is 19.8 Å². The summed E-state index contributed by atoms with van der Waals surface area (Å²) in [6.07, 6.45) is 12.8. The fraction of sp³-hybridized carbons (Fsp3) is 0.625. The van der Waals surface area contributed by atoms with Crippen molar-refractivity contribution >= 4 is 11.0 Å². The number of allylic oxidation sites excluding steroid dienone is 2. The number of nitrogens with zero attached hydrogens (tertiary/aromatic N) is 3. The lowest BCUT2D eigenvalue weighted by Crippen LogP contribution is -2.39. The van der Waals surface area contributed by atoms with Gasteiger partial charge in [-0.1, -0.05) is 24.3 Å². The molecule has 4 aliphatic rings. The molecule has 4 heteroatoms. The van der Waals surface area contributed by atoms with Gasteiger partial charge < -0.3 is 14.8 Å². The first-order valence-electron chi connectivity index (χ1n) is 11.5. The molecule has 1 saturated carbocycles. The van der Waals surface area contributed by atoms with Gasteiger partial charge in [-0.3, -0.25) is 0 Å². The maximum Gasteiger partial charge on any atom is 0.127 e. The molecule has 3 heterocycles. The lowest BCUT2D eigenvalue weighted by molar-refractivity contribution is 0.153. The number of benzene rings is 1. The van der Waals surface area contributed by atoms with Gasteiger partial charge in [-0.05, 0) is 75.0 Å². The molecule has 28 heavy (non-hydrogen) atoms. The number of hydrogen-bond donors (Lipinski definition) is 1. The van der Waals surface area contributed by atoms with E-state index >= 15 is 0 Å². The van der Waals surface area contributed by atoms with Crippen molar-refractivity contribution in [3.8, 4) is 0 Å². The maximum atomic E-state index is 5.08. The second-order valence-electron chi connectivity index (χ2n) is 9.55. The van der Waals surface area contributed by atoms with E-state index in [0.717, 1.165) is 24.3 Å². The van der Waals surface area contributed by atoms with Gasteiger partial charge in [0, 0.05) is 25.7 Å². The molecule has 3 fully saturated rings. The van der Waals surface area contributed by atoms with Crippen LogP contribution in [0.1, 0.15) is 56.4 Å². The Morgan fingerprint density at radius 3 is 2.68 bits per heavy atom. The molecule has 2 aliphatic carbocycles. The molecule has 1 N–H and O–H groups in total. The highest BCUT2D eigenvalue weighted by Gasteiger charge is 2.37. The predicted molar refractivity (Wildman–Crippen MR) is 113 cm³/mol. The third kappa shape index (κ3) is 2.93. The average Bonchev–Trinajstić information content (AvgIpc) is 3.51. The molecule has 0 amide bonds. The zero-order valence-electron chi connectivity index (χ0n) is 16.8. The van der Waals surface area contributed by atoms with Crippen molar-refractivity contribution in [3.63, 3.8) is 0 Å². The van der Waals surface area contributed by atoms with Gasteiger partial charge in [-0.2, -0.15) is 0 Å². The van der Waals surface area contributed by atoms with Crippen molar-refractivity contribution < 1.29 is 0 Å². The molecular weight excluding hydrogens is 344 g/mol. The Hall–Kier alpha value is -1.65. The van der Waals surface area contributed by atoms with Gasteiger partial charge >= 0.3 is 0 Å². The number of rotatable bonds is 4. The second-order valence-corrected chi connectivity index (χ2v) is 9.55. The van der Waals surface area contributed by atoms with Crippen LogP contribution in [0.3, 0.4) is 0 Å². The molecule has 1 aromatic carbocycles. The molecule has 3 unspecified atom stereocenters. The largest absolute Gasteiger partial charge is 0.323 e. The van der Waals surface area contributed by atoms with E-state index in [2.05, 4.69) is 51.2 Å². The van der Waals surface area contributed by atoms with E-state index in [-0.39, 0.29) is 0 Å². The SMILES string of the molecule is C1=C[C@@H]2CC1C(CN1CCC(n3c(C4CCCN4)nc4ccccc43)CC1)C2. The molecule has 2 aromatic rings. The quantitative estimate of drug-likeness (QED) is 0.807. The number of aromatic nitrogens is 2. The Kier molecular flexibility index (Phi) is 4.31. The first kappa shape index (κ1) is 17.2. The standard InChI is InChI=1S/C24H32N4/c1-2-6-23-21(4-1)26-24(22-5-3-11-25-22)28(23)20-9-12-27(13-10-20)16-19-15-17-7-8-18(19)14-17/h1-2,4,6-8,17-20,22,25H,3,5,9-16H2/t17-,18?,19?,22?/m1/s1. The van der Waals surface area contributed by atoms with Crippen LogP contribution in [0.15, 0.2) is 36.4 Å². The molecule has 6 rings (SSSR count). The first-order valence-corrected chi connectivity index (χ1v) is 11.5. The highest BCUT2D eigenvalue weighted by atomic mass is 15.2. The normalized spacial score (nSPS) is 33.4. The molecule has 148 valence electrons. The lowest BCUT2D eigenvalue weighted by Gasteiger charge is -2.36. The van der Waals surface area contributed by atoms with Gasteiger partial charge in [0.15, 0.2) is 0 Å². The molecule has 0 spiro atoms. The summed E-state index contributed by atoms with van der Waals surface area (Å²) in [4.78, 5) is 7.83. The van der Waals surface area contributed by atoms with Crippen LogP contribution in [0.4, 0.5) is 0 Å². The number of imidazole rings is 1. The molecule has 4 atom stereocenters. The van der Waals surface area contributed by atoms with Crippen molar-refractivity contribution in [2.45, 2.75) is 50.6 Å². The summed E-state index contributed by atoms with van der Waals surface area (Å²) < 4.78 is 2.61. The second kappa shape index (κ2) is 7.00. The van der Waals surface area contributed by atoms with Crippen molar-refractivity contribution in [2.75, 3.05) is 26.2 Å². The van der Waals surface area contributed by atoms with E-state index in [0.29, 0.717) is 12.1 Å². The summed E-state index contributed by atoms with van der Waals surface area (Å²) in [5.74, 6) is 3.97. The first-order chi connectivity index (χ1) is 13.8. The van der Waals surface area contributed by atoms with E-state index in [1.165, 1.54) is 75.0 Å². The molecule has 2 bridgehead atoms. The van der Waals surface area contributed by atoms with Crippen LogP contribution in [0.5, 0.6) is 0 Å². The summed E-state index contributed by atoms with van der Waals surface area (Å²) in [5.41, 5.74) is 2.50. The Morgan fingerprint density at radius 1 is 1.04 bits per heavy atom. The Balaban J connectivity index is 1.20. The topological polar surface area (TPSA) is 33.1 Å². The van der Waals surface area contributed by atoms with Gasteiger partial charge in [-0.25, -0.2) is 4.98 Å². The van der Waals surface area contributed by atoms with Crippen LogP contribution >= 0.6 is 0 Å². The highest BCUT2D eigenvalue weighted by Crippen LogP contribution is 2.44. The minimum atomic E-state index is 0.436. The molecule has 2 aliphatic heterocycles. The van der Waals surface area contributed by atoms with Crippen molar-refractivity contribution in [2.24, 2.45) is 17.8 Å². The fourth-order valence-electron chi connectivity index (χ4n) is 6.39. The summed E-state index contributed by atoms with van der Waals surface area (Å²) in [5, 5.41) is 3.69. The number of nitrogens with one attached hydrogen (secondary N) is 1. The molecule has 0 radical (unpaired) electrons. The highest BCUT2D eigenvalue weighted by molar-refractivity contribution is 5.76. The maximum absolute atomic E-state index is 5.08. The van der Waals surface area contributed by atoms with Crippen LogP contribution in [0.2, 0.25) is 0 Å². The van der Waals surface area contributed by atoms with E-state index in [9.17, 15) is 0 Å². The van der Waals surface area contributed by atoms with Crippen molar-refractivity contribution in [1.29, 1.82) is 0 Å². The molecule has 4 nitrogen and oxygen atoms in total. The predicted octanol–water partition coefficient (Wildman–Crippen LogP) is 4.31. The van der Waals surface area contributed by atoms with E-state index in [1.807, 2.05) is 0 Å². The molecular formula is C24H32N4. The monoisotopic (exact) mass is 376 g/mol. The number of fused-ring (bicyclic) bond motifs is 3. The molecule has 2 saturated heterocycles. The van der Waals surface area contributed by atoms with Gasteiger partial charge in [0.2, 0.25) is 0 Å². The van der Waals surface area contributed by atoms with Crippen LogP contribution in [0.25, 0.3) is 11.0 Å².